The predicted octanol–water partition coefficient (Wildman–Crippen LogP) is 6.08. The number of benzene rings is 2. The van der Waals surface area contributed by atoms with Crippen molar-refractivity contribution in [1.29, 1.82) is 0 Å². The zero-order valence-corrected chi connectivity index (χ0v) is 22.0. The van der Waals surface area contributed by atoms with E-state index in [1.807, 2.05) is 0 Å². The van der Waals surface area contributed by atoms with Gasteiger partial charge in [-0.1, -0.05) is 46.4 Å². The monoisotopic (exact) mass is 586 g/mol. The van der Waals surface area contributed by atoms with Crippen molar-refractivity contribution in [3.05, 3.63) is 61.5 Å². The summed E-state index contributed by atoms with van der Waals surface area (Å²) in [4.78, 5) is 25.6. The average Bonchev–Trinajstić information content (AvgIpc) is 3.09. The summed E-state index contributed by atoms with van der Waals surface area (Å²) < 4.78 is 10.2. The Balaban J connectivity index is 1.49. The highest BCUT2D eigenvalue weighted by Gasteiger charge is 2.67. The second-order valence-corrected chi connectivity index (χ2v) is 12.5. The van der Waals surface area contributed by atoms with Gasteiger partial charge < -0.3 is 10.6 Å². The van der Waals surface area contributed by atoms with Crippen LogP contribution in [0.5, 0.6) is 0 Å². The van der Waals surface area contributed by atoms with Crippen molar-refractivity contribution in [2.75, 3.05) is 16.8 Å². The number of alkyl halides is 2. The minimum absolute atomic E-state index is 0.175. The molecule has 1 aliphatic carbocycles. The zero-order chi connectivity index (χ0) is 24.1. The molecule has 2 aliphatic rings. The number of rotatable bonds is 5. The number of amides is 2. The lowest BCUT2D eigenvalue weighted by Crippen LogP contribution is -2.35. The third kappa shape index (κ3) is 5.27. The first kappa shape index (κ1) is 25.4. The topological polar surface area (TPSA) is 75.3 Å². The molecule has 176 valence electrons. The Labute approximate surface area is 222 Å². The van der Waals surface area contributed by atoms with E-state index in [1.165, 1.54) is 12.1 Å². The number of carbonyl (C=O) groups excluding carboxylic acids is 2. The lowest BCUT2D eigenvalue weighted by atomic mass is 10.1. The first-order valence-electron chi connectivity index (χ1n) is 9.77. The Hall–Kier alpha value is -0.730. The van der Waals surface area contributed by atoms with Crippen molar-refractivity contribution in [1.82, 2.24) is 5.32 Å². The molecule has 2 aromatic rings. The van der Waals surface area contributed by atoms with Gasteiger partial charge in [-0.15, -0.1) is 23.2 Å². The van der Waals surface area contributed by atoms with Crippen molar-refractivity contribution in [3.8, 4) is 0 Å². The van der Waals surface area contributed by atoms with Crippen LogP contribution in [-0.2, 0) is 15.6 Å². The van der Waals surface area contributed by atoms with E-state index >= 15 is 0 Å². The summed E-state index contributed by atoms with van der Waals surface area (Å²) in [6.45, 7) is 0. The summed E-state index contributed by atoms with van der Waals surface area (Å²) >= 11 is 37.2. The van der Waals surface area contributed by atoms with Crippen LogP contribution in [0.3, 0.4) is 0 Å². The maximum atomic E-state index is 13.0. The molecule has 2 aromatic carbocycles. The van der Waals surface area contributed by atoms with Gasteiger partial charge in [0.1, 0.15) is 4.33 Å². The Morgan fingerprint density at radius 2 is 1.67 bits per heavy atom. The Morgan fingerprint density at radius 1 is 1.00 bits per heavy atom. The van der Waals surface area contributed by atoms with E-state index in [0.717, 1.165) is 0 Å². The molecule has 1 aliphatic heterocycles. The molecule has 12 heteroatoms. The van der Waals surface area contributed by atoms with Gasteiger partial charge in [-0.3, -0.25) is 13.8 Å². The number of hydrogen-bond acceptors (Lipinski definition) is 3. The molecule has 0 aromatic heterocycles. The summed E-state index contributed by atoms with van der Waals surface area (Å²) in [7, 11) is -0.926. The number of nitrogens with one attached hydrogen (secondary N) is 2. The summed E-state index contributed by atoms with van der Waals surface area (Å²) in [6, 6.07) is 7.53. The molecule has 0 spiro atoms. The molecule has 4 rings (SSSR count). The third-order valence-corrected chi connectivity index (χ3v) is 9.53. The number of hydrogen-bond donors (Lipinski definition) is 2. The molecule has 1 saturated heterocycles. The van der Waals surface area contributed by atoms with Gasteiger partial charge in [-0.2, -0.15) is 0 Å². The first-order valence-corrected chi connectivity index (χ1v) is 13.5. The lowest BCUT2D eigenvalue weighted by Gasteiger charge is -2.13. The molecule has 2 unspecified atom stereocenters. The van der Waals surface area contributed by atoms with Crippen LogP contribution in [-0.4, -0.2) is 37.9 Å². The van der Waals surface area contributed by atoms with Crippen LogP contribution in [0.25, 0.3) is 0 Å². The highest BCUT2D eigenvalue weighted by Crippen LogP contribution is 2.65. The maximum Gasteiger partial charge on any atom is 0.253 e. The van der Waals surface area contributed by atoms with Crippen LogP contribution in [0.2, 0.25) is 20.1 Å². The van der Waals surface area contributed by atoms with Gasteiger partial charge in [0.05, 0.1) is 31.6 Å². The van der Waals surface area contributed by atoms with E-state index in [9.17, 15) is 13.8 Å². The fourth-order valence-corrected chi connectivity index (χ4v) is 6.92. The minimum atomic E-state index is -1.37. The smallest absolute Gasteiger partial charge is 0.253 e. The highest BCUT2D eigenvalue weighted by atomic mass is 35.5. The molecule has 1 heterocycles. The van der Waals surface area contributed by atoms with E-state index in [1.54, 1.807) is 18.2 Å². The van der Waals surface area contributed by atoms with Gasteiger partial charge in [0.25, 0.3) is 5.91 Å². The van der Waals surface area contributed by atoms with E-state index in [0.29, 0.717) is 29.2 Å². The van der Waals surface area contributed by atoms with Crippen LogP contribution in [0.1, 0.15) is 28.3 Å². The standard InChI is InChI=1S/C21H16Cl6N2O3S/c22-13-2-1-10(7-12(13)19(30)29-11-3-4-33(32)8-11)28-20(31)17-16(21(17,26)27)9-5-14(23)18(25)15(24)6-9/h1-2,5-7,11,16-17H,3-4,8H2,(H,28,31)(H,29,30)/t11?,16-,17+,33?/m0/s1. The van der Waals surface area contributed by atoms with Crippen LogP contribution in [0.4, 0.5) is 5.69 Å². The molecule has 0 radical (unpaired) electrons. The van der Waals surface area contributed by atoms with Crippen LogP contribution in [0, 0.1) is 5.92 Å². The molecule has 5 nitrogen and oxygen atoms in total. The fraction of sp³-hybridized carbons (Fsp3) is 0.333. The summed E-state index contributed by atoms with van der Waals surface area (Å²) in [6.07, 6.45) is 0.641. The quantitative estimate of drug-likeness (QED) is 0.328. The number of anilines is 1. The van der Waals surface area contributed by atoms with Gasteiger partial charge in [0, 0.05) is 40.0 Å². The minimum Gasteiger partial charge on any atom is -0.348 e. The molecular weight excluding hydrogens is 573 g/mol. The molecule has 2 amide bonds. The summed E-state index contributed by atoms with van der Waals surface area (Å²) in [5, 5.41) is 6.46. The second-order valence-electron chi connectivity index (χ2n) is 7.88. The molecule has 2 N–H and O–H groups in total. The molecule has 2 fully saturated rings. The van der Waals surface area contributed by atoms with Gasteiger partial charge >= 0.3 is 0 Å². The third-order valence-electron chi connectivity index (χ3n) is 5.60. The van der Waals surface area contributed by atoms with E-state index < -0.39 is 38.8 Å². The van der Waals surface area contributed by atoms with E-state index in [-0.39, 0.29) is 31.7 Å². The first-order chi connectivity index (χ1) is 15.5. The van der Waals surface area contributed by atoms with Gasteiger partial charge in [0.2, 0.25) is 5.91 Å². The Morgan fingerprint density at radius 3 is 2.27 bits per heavy atom. The fourth-order valence-electron chi connectivity index (χ4n) is 3.86. The lowest BCUT2D eigenvalue weighted by molar-refractivity contribution is -0.117. The van der Waals surface area contributed by atoms with Crippen molar-refractivity contribution in [2.45, 2.75) is 22.7 Å². The number of halogens is 6. The number of carbonyl (C=O) groups is 2. The predicted molar refractivity (Wildman–Crippen MR) is 136 cm³/mol. The molecule has 33 heavy (non-hydrogen) atoms. The SMILES string of the molecule is O=C(NC1CCS(=O)C1)c1cc(NC(=O)[C@H]2[C@H](c3cc(Cl)c(Cl)c(Cl)c3)C2(Cl)Cl)ccc1Cl. The Bertz CT molecular complexity index is 1150. The van der Waals surface area contributed by atoms with Gasteiger partial charge in [0.15, 0.2) is 0 Å². The van der Waals surface area contributed by atoms with Crippen LogP contribution < -0.4 is 10.6 Å². The molecule has 1 saturated carbocycles. The normalized spacial score (nSPS) is 25.5. The molecule has 4 atom stereocenters. The van der Waals surface area contributed by atoms with E-state index in [4.69, 9.17) is 69.6 Å². The van der Waals surface area contributed by atoms with Crippen molar-refractivity contribution in [2.24, 2.45) is 5.92 Å². The second kappa shape index (κ2) is 9.73. The van der Waals surface area contributed by atoms with Crippen LogP contribution in [0.15, 0.2) is 30.3 Å². The van der Waals surface area contributed by atoms with Gasteiger partial charge in [-0.25, -0.2) is 0 Å². The summed E-state index contributed by atoms with van der Waals surface area (Å²) in [5.74, 6) is -1.21. The molecular formula is C21H16Cl6N2O3S. The molecule has 0 bridgehead atoms. The van der Waals surface area contributed by atoms with Crippen molar-refractivity contribution in [3.63, 3.8) is 0 Å². The Kier molecular flexibility index (Phi) is 7.48. The zero-order valence-electron chi connectivity index (χ0n) is 16.6. The largest absolute Gasteiger partial charge is 0.348 e. The average molecular weight is 589 g/mol. The summed E-state index contributed by atoms with van der Waals surface area (Å²) in [5.41, 5.74) is 1.13. The highest BCUT2D eigenvalue weighted by molar-refractivity contribution is 7.85. The van der Waals surface area contributed by atoms with E-state index in [2.05, 4.69) is 10.6 Å². The van der Waals surface area contributed by atoms with Gasteiger partial charge in [-0.05, 0) is 42.3 Å². The maximum absolute atomic E-state index is 13.0. The van der Waals surface area contributed by atoms with Crippen molar-refractivity contribution >= 4 is 97.9 Å². The van der Waals surface area contributed by atoms with Crippen molar-refractivity contribution < 1.29 is 13.8 Å². The van der Waals surface area contributed by atoms with Crippen LogP contribution >= 0.6 is 69.6 Å².